The summed E-state index contributed by atoms with van der Waals surface area (Å²) in [5.41, 5.74) is 3.62. The summed E-state index contributed by atoms with van der Waals surface area (Å²) in [7, 11) is -3.85. The molecule has 34 heavy (non-hydrogen) atoms. The highest BCUT2D eigenvalue weighted by atomic mass is 32.2. The zero-order chi connectivity index (χ0) is 24.5. The van der Waals surface area contributed by atoms with Crippen molar-refractivity contribution < 1.29 is 13.2 Å². The summed E-state index contributed by atoms with van der Waals surface area (Å²) >= 11 is 0. The molecular weight excluding hydrogens is 446 g/mol. The molecule has 0 aromatic heterocycles. The van der Waals surface area contributed by atoms with Crippen molar-refractivity contribution in [2.45, 2.75) is 82.1 Å². The summed E-state index contributed by atoms with van der Waals surface area (Å²) in [5, 5.41) is 12.3. The van der Waals surface area contributed by atoms with Crippen LogP contribution in [0.1, 0.15) is 67.2 Å². The van der Waals surface area contributed by atoms with E-state index in [4.69, 9.17) is 0 Å². The van der Waals surface area contributed by atoms with Crippen molar-refractivity contribution in [2.75, 3.05) is 11.9 Å². The molecule has 2 saturated carbocycles. The van der Waals surface area contributed by atoms with Gasteiger partial charge >= 0.3 is 0 Å². The lowest BCUT2D eigenvalue weighted by molar-refractivity contribution is -0.116. The number of nitriles is 1. The van der Waals surface area contributed by atoms with E-state index < -0.39 is 10.0 Å². The average molecular weight is 480 g/mol. The van der Waals surface area contributed by atoms with Gasteiger partial charge < -0.3 is 5.32 Å². The first-order valence-corrected chi connectivity index (χ1v) is 13.5. The first-order chi connectivity index (χ1) is 16.2. The number of anilines is 1. The fourth-order valence-corrected chi connectivity index (χ4v) is 7.33. The zero-order valence-corrected chi connectivity index (χ0v) is 21.0. The van der Waals surface area contributed by atoms with Gasteiger partial charge in [-0.15, -0.1) is 0 Å². The van der Waals surface area contributed by atoms with Crippen molar-refractivity contribution >= 4 is 21.6 Å². The van der Waals surface area contributed by atoms with Crippen LogP contribution in [-0.4, -0.2) is 31.2 Å². The summed E-state index contributed by atoms with van der Waals surface area (Å²) in [6, 6.07) is 13.3. The van der Waals surface area contributed by atoms with E-state index in [1.165, 1.54) is 4.31 Å². The number of nitrogens with zero attached hydrogens (tertiary/aromatic N) is 2. The topological polar surface area (TPSA) is 90.3 Å². The molecule has 0 saturated heterocycles. The molecule has 2 aromatic rings. The molecule has 6 nitrogen and oxygen atoms in total. The Balaban J connectivity index is 1.57. The Bertz CT molecular complexity index is 1200. The fourth-order valence-electron chi connectivity index (χ4n) is 5.27. The minimum absolute atomic E-state index is 0.183. The van der Waals surface area contributed by atoms with Crippen LogP contribution in [0, 0.1) is 32.1 Å². The number of sulfonamides is 1. The van der Waals surface area contributed by atoms with Crippen LogP contribution >= 0.6 is 0 Å². The van der Waals surface area contributed by atoms with Gasteiger partial charge in [0.25, 0.3) is 0 Å². The van der Waals surface area contributed by atoms with Gasteiger partial charge in [0.15, 0.2) is 0 Å². The number of rotatable bonds is 7. The fraction of sp³-hybridized carbons (Fsp3) is 0.481. The standard InChI is InChI=1S/C27H33N3O3S/c1-19-15-20(2)26(21(3)16-19)34(32,33)30(24-7-5-4-6-8-24)17-25(31)29-23-11-9-22(10-12-23)27(18-28)13-14-27/h9-12,15-16,24H,4-8,13-14,17H2,1-3H3,(H,29,31). The third-order valence-electron chi connectivity index (χ3n) is 7.14. The van der Waals surface area contributed by atoms with Gasteiger partial charge in [0, 0.05) is 11.7 Å². The Morgan fingerprint density at radius 2 is 1.65 bits per heavy atom. The van der Waals surface area contributed by atoms with Crippen LogP contribution < -0.4 is 5.32 Å². The number of carbonyl (C=O) groups excluding carboxylic acids is 1. The van der Waals surface area contributed by atoms with Gasteiger partial charge in [-0.2, -0.15) is 9.57 Å². The molecule has 4 rings (SSSR count). The van der Waals surface area contributed by atoms with E-state index in [9.17, 15) is 18.5 Å². The third kappa shape index (κ3) is 4.89. The van der Waals surface area contributed by atoms with E-state index in [0.717, 1.165) is 56.1 Å². The van der Waals surface area contributed by atoms with Gasteiger partial charge in [0.05, 0.1) is 22.9 Å². The molecule has 7 heteroatoms. The second-order valence-electron chi connectivity index (χ2n) is 9.89. The Morgan fingerprint density at radius 1 is 1.06 bits per heavy atom. The van der Waals surface area contributed by atoms with E-state index in [2.05, 4.69) is 11.4 Å². The Hall–Kier alpha value is -2.69. The van der Waals surface area contributed by atoms with Crippen LogP contribution in [0.4, 0.5) is 5.69 Å². The molecule has 0 heterocycles. The maximum absolute atomic E-state index is 13.9. The van der Waals surface area contributed by atoms with Gasteiger partial charge in [-0.3, -0.25) is 4.79 Å². The summed E-state index contributed by atoms with van der Waals surface area (Å²) in [6.07, 6.45) is 6.28. The second-order valence-corrected chi connectivity index (χ2v) is 11.7. The molecule has 2 aliphatic carbocycles. The minimum atomic E-state index is -3.85. The number of hydrogen-bond acceptors (Lipinski definition) is 4. The Morgan fingerprint density at radius 3 is 2.18 bits per heavy atom. The lowest BCUT2D eigenvalue weighted by Gasteiger charge is -2.33. The molecule has 0 aliphatic heterocycles. The van der Waals surface area contributed by atoms with Crippen LogP contribution in [-0.2, 0) is 20.2 Å². The number of nitrogens with one attached hydrogen (secondary N) is 1. The van der Waals surface area contributed by atoms with Gasteiger partial charge in [-0.05, 0) is 75.3 Å². The molecule has 2 fully saturated rings. The van der Waals surface area contributed by atoms with Crippen LogP contribution in [0.5, 0.6) is 0 Å². The number of carbonyl (C=O) groups is 1. The van der Waals surface area contributed by atoms with Gasteiger partial charge in [0.2, 0.25) is 15.9 Å². The van der Waals surface area contributed by atoms with Crippen LogP contribution in [0.3, 0.4) is 0 Å². The zero-order valence-electron chi connectivity index (χ0n) is 20.2. The monoisotopic (exact) mass is 479 g/mol. The smallest absolute Gasteiger partial charge is 0.244 e. The highest BCUT2D eigenvalue weighted by Gasteiger charge is 2.44. The Kier molecular flexibility index (Phi) is 6.84. The van der Waals surface area contributed by atoms with Crippen molar-refractivity contribution in [2.24, 2.45) is 0 Å². The normalized spacial score (nSPS) is 17.9. The van der Waals surface area contributed by atoms with Crippen molar-refractivity contribution in [3.8, 4) is 6.07 Å². The highest BCUT2D eigenvalue weighted by Crippen LogP contribution is 2.47. The van der Waals surface area contributed by atoms with Crippen molar-refractivity contribution in [1.82, 2.24) is 4.31 Å². The SMILES string of the molecule is Cc1cc(C)c(S(=O)(=O)N(CC(=O)Nc2ccc(C3(C#N)CC3)cc2)C2CCCCC2)c(C)c1. The summed E-state index contributed by atoms with van der Waals surface area (Å²) in [4.78, 5) is 13.4. The second kappa shape index (κ2) is 9.52. The van der Waals surface area contributed by atoms with E-state index >= 15 is 0 Å². The lowest BCUT2D eigenvalue weighted by Crippen LogP contribution is -2.46. The highest BCUT2D eigenvalue weighted by molar-refractivity contribution is 7.89. The number of hydrogen-bond donors (Lipinski definition) is 1. The van der Waals surface area contributed by atoms with E-state index in [1.54, 1.807) is 12.1 Å². The van der Waals surface area contributed by atoms with E-state index in [1.807, 2.05) is 45.0 Å². The van der Waals surface area contributed by atoms with Crippen LogP contribution in [0.25, 0.3) is 0 Å². The molecule has 2 aromatic carbocycles. The third-order valence-corrected chi connectivity index (χ3v) is 9.34. The molecule has 0 bridgehead atoms. The summed E-state index contributed by atoms with van der Waals surface area (Å²) in [6.45, 7) is 5.38. The summed E-state index contributed by atoms with van der Waals surface area (Å²) < 4.78 is 29.2. The predicted molar refractivity (Wildman–Crippen MR) is 133 cm³/mol. The molecule has 0 spiro atoms. The number of amides is 1. The first kappa shape index (κ1) is 24.4. The van der Waals surface area contributed by atoms with E-state index in [-0.39, 0.29) is 23.9 Å². The molecular formula is C27H33N3O3S. The molecule has 0 unspecified atom stereocenters. The van der Waals surface area contributed by atoms with Gasteiger partial charge in [0.1, 0.15) is 0 Å². The molecule has 1 N–H and O–H groups in total. The van der Waals surface area contributed by atoms with E-state index in [0.29, 0.717) is 21.7 Å². The van der Waals surface area contributed by atoms with Crippen LogP contribution in [0.15, 0.2) is 41.3 Å². The number of benzene rings is 2. The quantitative estimate of drug-likeness (QED) is 0.596. The predicted octanol–water partition coefficient (Wildman–Crippen LogP) is 5.13. The van der Waals surface area contributed by atoms with Crippen molar-refractivity contribution in [3.63, 3.8) is 0 Å². The average Bonchev–Trinajstić information content (AvgIpc) is 3.59. The lowest BCUT2D eigenvalue weighted by atomic mass is 9.95. The summed E-state index contributed by atoms with van der Waals surface area (Å²) in [5.74, 6) is -0.356. The molecule has 0 radical (unpaired) electrons. The maximum atomic E-state index is 13.9. The van der Waals surface area contributed by atoms with Crippen molar-refractivity contribution in [1.29, 1.82) is 5.26 Å². The number of aryl methyl sites for hydroxylation is 3. The van der Waals surface area contributed by atoms with Gasteiger partial charge in [-0.25, -0.2) is 8.42 Å². The minimum Gasteiger partial charge on any atom is -0.325 e. The molecule has 1 amide bonds. The van der Waals surface area contributed by atoms with Gasteiger partial charge in [-0.1, -0.05) is 49.1 Å². The van der Waals surface area contributed by atoms with Crippen molar-refractivity contribution in [3.05, 3.63) is 58.7 Å². The molecule has 0 atom stereocenters. The van der Waals surface area contributed by atoms with Crippen LogP contribution in [0.2, 0.25) is 0 Å². The molecule has 2 aliphatic rings. The Labute approximate surface area is 203 Å². The molecule has 180 valence electrons. The largest absolute Gasteiger partial charge is 0.325 e. The maximum Gasteiger partial charge on any atom is 0.244 e. The first-order valence-electron chi connectivity index (χ1n) is 12.1.